The molecule has 0 aromatic heterocycles. The molecule has 1 saturated heterocycles. The van der Waals surface area contributed by atoms with E-state index >= 15 is 0 Å². The Morgan fingerprint density at radius 1 is 1.15 bits per heavy atom. The molecule has 6 nitrogen and oxygen atoms in total. The average Bonchev–Trinajstić information content (AvgIpc) is 3.03. The summed E-state index contributed by atoms with van der Waals surface area (Å²) >= 11 is 0. The Morgan fingerprint density at radius 3 is 2.68 bits per heavy atom. The van der Waals surface area contributed by atoms with E-state index in [4.69, 9.17) is 4.99 Å². The van der Waals surface area contributed by atoms with Crippen LogP contribution in [0.15, 0.2) is 53.2 Å². The number of hydrogen-bond acceptors (Lipinski definition) is 6. The number of nitrogens with one attached hydrogen (secondary N) is 1. The van der Waals surface area contributed by atoms with Gasteiger partial charge in [0.2, 0.25) is 0 Å². The summed E-state index contributed by atoms with van der Waals surface area (Å²) in [6.45, 7) is 10.3. The predicted molar refractivity (Wildman–Crippen MR) is 138 cm³/mol. The first kappa shape index (κ1) is 24.6. The fourth-order valence-corrected chi connectivity index (χ4v) is 5.22. The molecule has 1 fully saturated rings. The van der Waals surface area contributed by atoms with Crippen molar-refractivity contribution in [1.82, 2.24) is 9.80 Å². The number of fused-ring (bicyclic) bond motifs is 2. The number of hydrogen-bond donors (Lipinski definition) is 1. The lowest BCUT2D eigenvalue weighted by atomic mass is 9.91. The van der Waals surface area contributed by atoms with E-state index in [1.165, 1.54) is 25.8 Å². The van der Waals surface area contributed by atoms with Crippen LogP contribution in [0.3, 0.4) is 0 Å². The van der Waals surface area contributed by atoms with Crippen molar-refractivity contribution < 1.29 is 9.59 Å². The van der Waals surface area contributed by atoms with Crippen molar-refractivity contribution in [1.29, 1.82) is 0 Å². The molecule has 0 spiro atoms. The standard InChI is InChI=1S/C28H38N4O2/c1-3-31(4-2)17-8-7-10-21-15-18-32(19-16-21)20-26(34)27-22-11-5-6-12-23(22)29-28-24(30-27)13-9-14-25(28)33/h5-6,9,11-14,21,28-29H,3-4,7-8,10,15-20H2,1-2H3. The molecule has 6 heteroatoms. The molecule has 1 N–H and O–H groups in total. The van der Waals surface area contributed by atoms with E-state index in [9.17, 15) is 9.59 Å². The van der Waals surface area contributed by atoms with Crippen molar-refractivity contribution >= 4 is 23.0 Å². The van der Waals surface area contributed by atoms with Crippen LogP contribution in [-0.2, 0) is 9.59 Å². The number of carbonyl (C=O) groups excluding carboxylic acids is 2. The van der Waals surface area contributed by atoms with Gasteiger partial charge < -0.3 is 10.2 Å². The van der Waals surface area contributed by atoms with Gasteiger partial charge in [-0.25, -0.2) is 4.99 Å². The van der Waals surface area contributed by atoms with Gasteiger partial charge in [0.1, 0.15) is 11.8 Å². The maximum absolute atomic E-state index is 13.4. The van der Waals surface area contributed by atoms with E-state index in [1.807, 2.05) is 30.3 Å². The van der Waals surface area contributed by atoms with Gasteiger partial charge in [0, 0.05) is 11.3 Å². The third kappa shape index (κ3) is 5.91. The van der Waals surface area contributed by atoms with Gasteiger partial charge >= 0.3 is 0 Å². The Kier molecular flexibility index (Phi) is 8.46. The topological polar surface area (TPSA) is 65.0 Å². The normalized spacial score (nSPS) is 20.8. The minimum atomic E-state index is -0.533. The molecule has 1 unspecified atom stereocenters. The van der Waals surface area contributed by atoms with Crippen LogP contribution in [0.4, 0.5) is 5.69 Å². The van der Waals surface area contributed by atoms with Crippen LogP contribution in [0.5, 0.6) is 0 Å². The van der Waals surface area contributed by atoms with Crippen molar-refractivity contribution in [2.45, 2.75) is 52.0 Å². The van der Waals surface area contributed by atoms with E-state index in [0.29, 0.717) is 18.0 Å². The third-order valence-corrected chi connectivity index (χ3v) is 7.40. The van der Waals surface area contributed by atoms with Gasteiger partial charge in [-0.3, -0.25) is 14.5 Å². The fraction of sp³-hybridized carbons (Fsp3) is 0.536. The lowest BCUT2D eigenvalue weighted by molar-refractivity contribution is -0.115. The number of allylic oxidation sites excluding steroid dienone is 2. The lowest BCUT2D eigenvalue weighted by Crippen LogP contribution is -2.39. The number of ketones is 2. The Morgan fingerprint density at radius 2 is 1.91 bits per heavy atom. The summed E-state index contributed by atoms with van der Waals surface area (Å²) in [7, 11) is 0. The highest BCUT2D eigenvalue weighted by molar-refractivity contribution is 6.48. The zero-order valence-corrected chi connectivity index (χ0v) is 20.6. The molecule has 0 amide bonds. The number of benzene rings is 1. The first-order valence-corrected chi connectivity index (χ1v) is 12.9. The molecule has 1 atom stereocenters. The molecule has 2 heterocycles. The van der Waals surface area contributed by atoms with Crippen molar-refractivity contribution in [3.63, 3.8) is 0 Å². The zero-order valence-electron chi connectivity index (χ0n) is 20.6. The van der Waals surface area contributed by atoms with Gasteiger partial charge in [-0.15, -0.1) is 0 Å². The summed E-state index contributed by atoms with van der Waals surface area (Å²) in [5, 5.41) is 3.29. The number of Topliss-reactive ketones (excluding diaryl/α,β-unsaturated/α-hetero) is 1. The molecule has 34 heavy (non-hydrogen) atoms. The van der Waals surface area contributed by atoms with Gasteiger partial charge in [0.05, 0.1) is 12.2 Å². The van der Waals surface area contributed by atoms with Gasteiger partial charge in [0.15, 0.2) is 11.6 Å². The minimum absolute atomic E-state index is 0.0236. The third-order valence-electron chi connectivity index (χ3n) is 7.40. The van der Waals surface area contributed by atoms with Gasteiger partial charge in [-0.2, -0.15) is 0 Å². The highest BCUT2D eigenvalue weighted by Gasteiger charge is 2.31. The first-order chi connectivity index (χ1) is 16.6. The second-order valence-corrected chi connectivity index (χ2v) is 9.60. The van der Waals surface area contributed by atoms with Crippen molar-refractivity contribution in [3.8, 4) is 0 Å². The van der Waals surface area contributed by atoms with Crippen LogP contribution in [-0.4, -0.2) is 72.4 Å². The number of aliphatic imine (C=N–C) groups is 1. The molecular weight excluding hydrogens is 424 g/mol. The zero-order chi connectivity index (χ0) is 23.9. The quantitative estimate of drug-likeness (QED) is 0.531. The number of anilines is 1. The average molecular weight is 463 g/mol. The molecule has 4 rings (SSSR count). The molecule has 3 aliphatic rings. The van der Waals surface area contributed by atoms with Crippen molar-refractivity contribution in [3.05, 3.63) is 53.8 Å². The van der Waals surface area contributed by atoms with Crippen LogP contribution >= 0.6 is 0 Å². The molecule has 2 aliphatic heterocycles. The van der Waals surface area contributed by atoms with Crippen LogP contribution in [0.25, 0.3) is 0 Å². The first-order valence-electron chi connectivity index (χ1n) is 12.9. The monoisotopic (exact) mass is 462 g/mol. The Hall–Kier alpha value is -2.57. The number of unbranched alkanes of at least 4 members (excludes halogenated alkanes) is 1. The molecule has 0 radical (unpaired) electrons. The van der Waals surface area contributed by atoms with Crippen LogP contribution in [0.1, 0.15) is 51.5 Å². The lowest BCUT2D eigenvalue weighted by Gasteiger charge is -2.31. The Labute approximate surface area is 203 Å². The number of likely N-dealkylation sites (tertiary alicyclic amines) is 1. The molecule has 0 bridgehead atoms. The van der Waals surface area contributed by atoms with Crippen molar-refractivity contribution in [2.24, 2.45) is 10.9 Å². The van der Waals surface area contributed by atoms with Gasteiger partial charge in [-0.05, 0) is 76.1 Å². The van der Waals surface area contributed by atoms with Crippen LogP contribution in [0.2, 0.25) is 0 Å². The molecule has 1 aromatic rings. The maximum atomic E-state index is 13.4. The summed E-state index contributed by atoms with van der Waals surface area (Å²) in [6.07, 6.45) is 11.3. The predicted octanol–water partition coefficient (Wildman–Crippen LogP) is 4.09. The smallest absolute Gasteiger partial charge is 0.195 e. The largest absolute Gasteiger partial charge is 0.370 e. The number of rotatable bonds is 10. The molecule has 1 aromatic carbocycles. The summed E-state index contributed by atoms with van der Waals surface area (Å²) in [5.74, 6) is 0.758. The molecule has 1 aliphatic carbocycles. The number of nitrogens with zero attached hydrogens (tertiary/aromatic N) is 3. The molecule has 182 valence electrons. The minimum Gasteiger partial charge on any atom is -0.370 e. The summed E-state index contributed by atoms with van der Waals surface area (Å²) < 4.78 is 0. The number of piperidine rings is 1. The van der Waals surface area contributed by atoms with E-state index in [2.05, 4.69) is 29.0 Å². The van der Waals surface area contributed by atoms with Crippen LogP contribution < -0.4 is 5.32 Å². The summed E-state index contributed by atoms with van der Waals surface area (Å²) in [4.78, 5) is 35.3. The highest BCUT2D eigenvalue weighted by Crippen LogP contribution is 2.28. The van der Waals surface area contributed by atoms with Gasteiger partial charge in [-0.1, -0.05) is 51.0 Å². The van der Waals surface area contributed by atoms with E-state index < -0.39 is 6.04 Å². The van der Waals surface area contributed by atoms with Crippen molar-refractivity contribution in [2.75, 3.05) is 44.6 Å². The Bertz CT molecular complexity index is 968. The van der Waals surface area contributed by atoms with Gasteiger partial charge in [0.25, 0.3) is 0 Å². The SMILES string of the molecule is CCN(CC)CCCCC1CCN(CC(=O)C2=NC3=CC=CC(=O)C3Nc3ccccc32)CC1. The van der Waals surface area contributed by atoms with Crippen LogP contribution in [0, 0.1) is 5.92 Å². The molecule has 0 saturated carbocycles. The number of para-hydroxylation sites is 1. The van der Waals surface area contributed by atoms with E-state index in [1.54, 1.807) is 12.2 Å². The second-order valence-electron chi connectivity index (χ2n) is 9.60. The Balaban J connectivity index is 1.33. The fourth-order valence-electron chi connectivity index (χ4n) is 5.22. The summed E-state index contributed by atoms with van der Waals surface area (Å²) in [6, 6.07) is 7.13. The highest BCUT2D eigenvalue weighted by atomic mass is 16.1. The summed E-state index contributed by atoms with van der Waals surface area (Å²) in [5.41, 5.74) is 2.63. The molecular formula is C28H38N4O2. The second kappa shape index (κ2) is 11.7. The maximum Gasteiger partial charge on any atom is 0.195 e. The van der Waals surface area contributed by atoms with E-state index in [0.717, 1.165) is 56.2 Å². The number of carbonyl (C=O) groups is 2. The van der Waals surface area contributed by atoms with E-state index in [-0.39, 0.29) is 11.6 Å².